The molecule has 0 radical (unpaired) electrons. The molecule has 6 heteroatoms. The van der Waals surface area contributed by atoms with Gasteiger partial charge in [-0.25, -0.2) is 19.0 Å². The maximum absolute atomic E-state index is 13.9. The summed E-state index contributed by atoms with van der Waals surface area (Å²) >= 11 is 0. The standard InChI is InChI=1S/C20H18FN5/c1-12-8-9-15(11-16(12)21)22-19-20(26-14(3)10-13(2)25-26)24-18-7-5-4-6-17(18)23-19/h4-11H,1-3H3,(H,22,23). The summed E-state index contributed by atoms with van der Waals surface area (Å²) < 4.78 is 15.7. The van der Waals surface area contributed by atoms with Gasteiger partial charge in [0, 0.05) is 11.4 Å². The average Bonchev–Trinajstić information content (AvgIpc) is 2.96. The molecule has 0 amide bonds. The Hall–Kier alpha value is -3.28. The van der Waals surface area contributed by atoms with Crippen molar-refractivity contribution in [2.45, 2.75) is 20.8 Å². The molecular weight excluding hydrogens is 329 g/mol. The van der Waals surface area contributed by atoms with Crippen molar-refractivity contribution in [3.63, 3.8) is 0 Å². The highest BCUT2D eigenvalue weighted by atomic mass is 19.1. The van der Waals surface area contributed by atoms with Crippen LogP contribution in [0.2, 0.25) is 0 Å². The summed E-state index contributed by atoms with van der Waals surface area (Å²) in [6.45, 7) is 5.63. The Labute approximate surface area is 150 Å². The molecule has 4 aromatic rings. The molecule has 4 rings (SSSR count). The van der Waals surface area contributed by atoms with E-state index in [1.165, 1.54) is 6.07 Å². The maximum Gasteiger partial charge on any atom is 0.197 e. The van der Waals surface area contributed by atoms with Crippen LogP contribution in [0.4, 0.5) is 15.9 Å². The third kappa shape index (κ3) is 2.90. The van der Waals surface area contributed by atoms with Gasteiger partial charge in [-0.2, -0.15) is 5.10 Å². The number of anilines is 2. The Morgan fingerprint density at radius 3 is 2.31 bits per heavy atom. The van der Waals surface area contributed by atoms with Crippen molar-refractivity contribution in [2.75, 3.05) is 5.32 Å². The Morgan fingerprint density at radius 2 is 1.65 bits per heavy atom. The summed E-state index contributed by atoms with van der Waals surface area (Å²) in [7, 11) is 0. The largest absolute Gasteiger partial charge is 0.337 e. The van der Waals surface area contributed by atoms with Crippen molar-refractivity contribution in [1.29, 1.82) is 0 Å². The number of halogens is 1. The smallest absolute Gasteiger partial charge is 0.197 e. The molecule has 0 saturated carbocycles. The second-order valence-electron chi connectivity index (χ2n) is 6.31. The molecule has 130 valence electrons. The minimum Gasteiger partial charge on any atom is -0.337 e. The van der Waals surface area contributed by atoms with Crippen LogP contribution in [0.5, 0.6) is 0 Å². The van der Waals surface area contributed by atoms with Gasteiger partial charge in [0.15, 0.2) is 11.6 Å². The fourth-order valence-corrected chi connectivity index (χ4v) is 2.87. The Balaban J connectivity index is 1.89. The number of fused-ring (bicyclic) bond motifs is 1. The molecule has 0 aliphatic carbocycles. The van der Waals surface area contributed by atoms with Gasteiger partial charge in [-0.15, -0.1) is 0 Å². The number of para-hydroxylation sites is 2. The van der Waals surface area contributed by atoms with Crippen LogP contribution in [0.25, 0.3) is 16.9 Å². The van der Waals surface area contributed by atoms with E-state index in [4.69, 9.17) is 9.97 Å². The number of hydrogen-bond donors (Lipinski definition) is 1. The zero-order valence-electron chi connectivity index (χ0n) is 14.8. The van der Waals surface area contributed by atoms with Gasteiger partial charge >= 0.3 is 0 Å². The molecule has 2 aromatic heterocycles. The van der Waals surface area contributed by atoms with E-state index in [2.05, 4.69) is 10.4 Å². The molecule has 0 aliphatic heterocycles. The van der Waals surface area contributed by atoms with E-state index in [1.807, 2.05) is 50.2 Å². The maximum atomic E-state index is 13.9. The van der Waals surface area contributed by atoms with E-state index in [0.717, 1.165) is 22.4 Å². The Morgan fingerprint density at radius 1 is 0.923 bits per heavy atom. The van der Waals surface area contributed by atoms with E-state index >= 15 is 0 Å². The van der Waals surface area contributed by atoms with Gasteiger partial charge in [-0.1, -0.05) is 18.2 Å². The van der Waals surface area contributed by atoms with E-state index < -0.39 is 0 Å². The van der Waals surface area contributed by atoms with Crippen LogP contribution >= 0.6 is 0 Å². The van der Waals surface area contributed by atoms with Gasteiger partial charge < -0.3 is 5.32 Å². The van der Waals surface area contributed by atoms with Crippen molar-refractivity contribution in [3.8, 4) is 5.82 Å². The fourth-order valence-electron chi connectivity index (χ4n) is 2.87. The molecule has 0 bridgehead atoms. The van der Waals surface area contributed by atoms with Crippen LogP contribution in [0.15, 0.2) is 48.5 Å². The minimum absolute atomic E-state index is 0.267. The lowest BCUT2D eigenvalue weighted by molar-refractivity contribution is 0.619. The molecule has 2 aromatic carbocycles. The topological polar surface area (TPSA) is 55.6 Å². The first kappa shape index (κ1) is 16.2. The zero-order chi connectivity index (χ0) is 18.3. The molecule has 0 unspecified atom stereocenters. The molecule has 1 N–H and O–H groups in total. The van der Waals surface area contributed by atoms with Gasteiger partial charge in [0.05, 0.1) is 16.7 Å². The lowest BCUT2D eigenvalue weighted by Gasteiger charge is -2.13. The highest BCUT2D eigenvalue weighted by molar-refractivity contribution is 5.79. The number of benzene rings is 2. The molecule has 0 fully saturated rings. The lowest BCUT2D eigenvalue weighted by Crippen LogP contribution is -2.08. The second kappa shape index (κ2) is 6.22. The molecule has 0 aliphatic rings. The minimum atomic E-state index is -0.267. The molecule has 26 heavy (non-hydrogen) atoms. The first-order valence-electron chi connectivity index (χ1n) is 8.35. The highest BCUT2D eigenvalue weighted by Gasteiger charge is 2.15. The third-order valence-corrected chi connectivity index (χ3v) is 4.20. The molecule has 2 heterocycles. The van der Waals surface area contributed by atoms with Crippen LogP contribution < -0.4 is 5.32 Å². The summed E-state index contributed by atoms with van der Waals surface area (Å²) in [5, 5.41) is 7.71. The number of rotatable bonds is 3. The fraction of sp³-hybridized carbons (Fsp3) is 0.150. The summed E-state index contributed by atoms with van der Waals surface area (Å²) in [5.41, 5.74) is 4.58. The number of nitrogens with one attached hydrogen (secondary N) is 1. The van der Waals surface area contributed by atoms with Gasteiger partial charge in [-0.05, 0) is 56.7 Å². The monoisotopic (exact) mass is 347 g/mol. The van der Waals surface area contributed by atoms with Gasteiger partial charge in [-0.3, -0.25) is 0 Å². The quantitative estimate of drug-likeness (QED) is 0.587. The van der Waals surface area contributed by atoms with Crippen molar-refractivity contribution in [3.05, 3.63) is 71.3 Å². The first-order valence-corrected chi connectivity index (χ1v) is 8.35. The predicted octanol–water partition coefficient (Wildman–Crippen LogP) is 4.62. The Bertz CT molecular complexity index is 1120. The molecule has 0 atom stereocenters. The van der Waals surface area contributed by atoms with E-state index in [0.29, 0.717) is 22.9 Å². The molecule has 5 nitrogen and oxygen atoms in total. The second-order valence-corrected chi connectivity index (χ2v) is 6.31. The van der Waals surface area contributed by atoms with Gasteiger partial charge in [0.1, 0.15) is 5.82 Å². The number of aryl methyl sites for hydroxylation is 3. The summed E-state index contributed by atoms with van der Waals surface area (Å²) in [6.07, 6.45) is 0. The zero-order valence-corrected chi connectivity index (χ0v) is 14.8. The number of nitrogens with zero attached hydrogens (tertiary/aromatic N) is 4. The lowest BCUT2D eigenvalue weighted by atomic mass is 10.2. The molecule has 0 spiro atoms. The van der Waals surface area contributed by atoms with E-state index in [9.17, 15) is 4.39 Å². The highest BCUT2D eigenvalue weighted by Crippen LogP contribution is 2.25. The van der Waals surface area contributed by atoms with E-state index in [1.54, 1.807) is 17.7 Å². The summed E-state index contributed by atoms with van der Waals surface area (Å²) in [6, 6.07) is 14.6. The van der Waals surface area contributed by atoms with Crippen molar-refractivity contribution in [2.24, 2.45) is 0 Å². The Kier molecular flexibility index (Phi) is 3.88. The van der Waals surface area contributed by atoms with Crippen molar-refractivity contribution < 1.29 is 4.39 Å². The number of aromatic nitrogens is 4. The van der Waals surface area contributed by atoms with E-state index in [-0.39, 0.29) is 5.82 Å². The normalized spacial score (nSPS) is 11.1. The van der Waals surface area contributed by atoms with Crippen molar-refractivity contribution in [1.82, 2.24) is 19.7 Å². The summed E-state index contributed by atoms with van der Waals surface area (Å²) in [5.74, 6) is 0.838. The number of hydrogen-bond acceptors (Lipinski definition) is 4. The molecular formula is C20H18FN5. The third-order valence-electron chi connectivity index (χ3n) is 4.20. The van der Waals surface area contributed by atoms with Crippen molar-refractivity contribution >= 4 is 22.5 Å². The summed E-state index contributed by atoms with van der Waals surface area (Å²) in [4.78, 5) is 9.43. The predicted molar refractivity (Wildman–Crippen MR) is 101 cm³/mol. The van der Waals surface area contributed by atoms with Crippen LogP contribution in [0, 0.1) is 26.6 Å². The molecule has 0 saturated heterocycles. The van der Waals surface area contributed by atoms with Gasteiger partial charge in [0.25, 0.3) is 0 Å². The van der Waals surface area contributed by atoms with Crippen LogP contribution in [0.3, 0.4) is 0 Å². The SMILES string of the molecule is Cc1cc(C)n(-c2nc3ccccc3nc2Nc2ccc(C)c(F)c2)n1. The van der Waals surface area contributed by atoms with Crippen LogP contribution in [-0.2, 0) is 0 Å². The van der Waals surface area contributed by atoms with Crippen LogP contribution in [-0.4, -0.2) is 19.7 Å². The van der Waals surface area contributed by atoms with Crippen LogP contribution in [0.1, 0.15) is 17.0 Å². The average molecular weight is 347 g/mol. The van der Waals surface area contributed by atoms with Gasteiger partial charge in [0.2, 0.25) is 0 Å². The first-order chi connectivity index (χ1) is 12.5.